The van der Waals surface area contributed by atoms with Crippen LogP contribution in [0.3, 0.4) is 0 Å². The van der Waals surface area contributed by atoms with Crippen molar-refractivity contribution in [3.63, 3.8) is 0 Å². The van der Waals surface area contributed by atoms with E-state index >= 15 is 0 Å². The molecule has 0 heterocycles. The molecule has 0 bridgehead atoms. The van der Waals surface area contributed by atoms with Crippen LogP contribution >= 0.6 is 0 Å². The minimum absolute atomic E-state index is 0.428. The predicted molar refractivity (Wildman–Crippen MR) is 64.6 cm³/mol. The lowest BCUT2D eigenvalue weighted by Crippen LogP contribution is -2.36. The number of amides is 1. The Labute approximate surface area is 96.0 Å². The first kappa shape index (κ1) is 12.7. The van der Waals surface area contributed by atoms with E-state index in [-0.39, 0.29) is 0 Å². The van der Waals surface area contributed by atoms with Gasteiger partial charge in [0.05, 0.1) is 6.04 Å². The fourth-order valence-electron chi connectivity index (χ4n) is 1.42. The molecule has 88 valence electrons. The van der Waals surface area contributed by atoms with Crippen LogP contribution in [0.5, 0.6) is 0 Å². The molecule has 4 heteroatoms. The SMILES string of the molecule is NC(=O)[C@@H](N)CCCNCc1ccccc1. The molecule has 0 radical (unpaired) electrons. The molecule has 0 aromatic heterocycles. The normalized spacial score (nSPS) is 12.3. The number of hydrogen-bond donors (Lipinski definition) is 3. The van der Waals surface area contributed by atoms with E-state index in [4.69, 9.17) is 11.5 Å². The molecule has 1 atom stereocenters. The summed E-state index contributed by atoms with van der Waals surface area (Å²) in [6.07, 6.45) is 1.49. The summed E-state index contributed by atoms with van der Waals surface area (Å²) >= 11 is 0. The van der Waals surface area contributed by atoms with Gasteiger partial charge in [-0.1, -0.05) is 30.3 Å². The highest BCUT2D eigenvalue weighted by molar-refractivity contribution is 5.79. The third kappa shape index (κ3) is 4.91. The summed E-state index contributed by atoms with van der Waals surface area (Å²) in [7, 11) is 0. The van der Waals surface area contributed by atoms with Gasteiger partial charge < -0.3 is 16.8 Å². The number of nitrogens with two attached hydrogens (primary N) is 2. The second-order valence-corrected chi connectivity index (χ2v) is 3.81. The molecule has 0 fully saturated rings. The zero-order chi connectivity index (χ0) is 11.8. The first-order valence-corrected chi connectivity index (χ1v) is 5.49. The lowest BCUT2D eigenvalue weighted by molar-refractivity contribution is -0.119. The number of hydrogen-bond acceptors (Lipinski definition) is 3. The summed E-state index contributed by atoms with van der Waals surface area (Å²) in [5.41, 5.74) is 11.8. The third-order valence-electron chi connectivity index (χ3n) is 2.41. The van der Waals surface area contributed by atoms with E-state index in [1.807, 2.05) is 18.2 Å². The van der Waals surface area contributed by atoms with Gasteiger partial charge in [-0.25, -0.2) is 0 Å². The second kappa shape index (κ2) is 6.98. The minimum Gasteiger partial charge on any atom is -0.368 e. The Kier molecular flexibility index (Phi) is 5.53. The predicted octanol–water partition coefficient (Wildman–Crippen LogP) is 0.369. The van der Waals surface area contributed by atoms with E-state index in [9.17, 15) is 4.79 Å². The zero-order valence-electron chi connectivity index (χ0n) is 9.36. The highest BCUT2D eigenvalue weighted by atomic mass is 16.1. The quantitative estimate of drug-likeness (QED) is 0.582. The Morgan fingerprint density at radius 1 is 1.31 bits per heavy atom. The van der Waals surface area contributed by atoms with Crippen molar-refractivity contribution in [2.45, 2.75) is 25.4 Å². The van der Waals surface area contributed by atoms with Gasteiger partial charge in [0.2, 0.25) is 5.91 Å². The number of carbonyl (C=O) groups is 1. The summed E-state index contributed by atoms with van der Waals surface area (Å²) in [5, 5.41) is 3.29. The van der Waals surface area contributed by atoms with E-state index in [2.05, 4.69) is 17.4 Å². The molecule has 1 amide bonds. The van der Waals surface area contributed by atoms with E-state index in [1.165, 1.54) is 5.56 Å². The van der Waals surface area contributed by atoms with Crippen LogP contribution < -0.4 is 16.8 Å². The van der Waals surface area contributed by atoms with Crippen molar-refractivity contribution < 1.29 is 4.79 Å². The number of nitrogens with one attached hydrogen (secondary N) is 1. The molecule has 0 aliphatic rings. The molecule has 0 unspecified atom stereocenters. The number of carbonyl (C=O) groups excluding carboxylic acids is 1. The molecule has 0 saturated carbocycles. The molecular weight excluding hydrogens is 202 g/mol. The van der Waals surface area contributed by atoms with Crippen LogP contribution in [0, 0.1) is 0 Å². The van der Waals surface area contributed by atoms with Gasteiger partial charge in [0.15, 0.2) is 0 Å². The van der Waals surface area contributed by atoms with E-state index in [0.29, 0.717) is 6.42 Å². The molecule has 0 aliphatic heterocycles. The van der Waals surface area contributed by atoms with Crippen LogP contribution in [0.1, 0.15) is 18.4 Å². The van der Waals surface area contributed by atoms with Gasteiger partial charge in [-0.05, 0) is 24.9 Å². The summed E-state index contributed by atoms with van der Waals surface area (Å²) in [6.45, 7) is 1.68. The number of rotatable bonds is 7. The van der Waals surface area contributed by atoms with E-state index in [1.54, 1.807) is 0 Å². The van der Waals surface area contributed by atoms with Gasteiger partial charge in [-0.3, -0.25) is 4.79 Å². The fraction of sp³-hybridized carbons (Fsp3) is 0.417. The monoisotopic (exact) mass is 221 g/mol. The van der Waals surface area contributed by atoms with Crippen molar-refractivity contribution in [1.29, 1.82) is 0 Å². The third-order valence-corrected chi connectivity index (χ3v) is 2.41. The number of benzene rings is 1. The molecule has 0 aliphatic carbocycles. The van der Waals surface area contributed by atoms with Crippen molar-refractivity contribution in [3.8, 4) is 0 Å². The Balaban J connectivity index is 2.07. The fourth-order valence-corrected chi connectivity index (χ4v) is 1.42. The van der Waals surface area contributed by atoms with Crippen LogP contribution in [0.2, 0.25) is 0 Å². The molecule has 4 nitrogen and oxygen atoms in total. The summed E-state index contributed by atoms with van der Waals surface area (Å²) in [6, 6.07) is 9.65. The van der Waals surface area contributed by atoms with Gasteiger partial charge in [-0.2, -0.15) is 0 Å². The van der Waals surface area contributed by atoms with Crippen molar-refractivity contribution in [2.75, 3.05) is 6.54 Å². The van der Waals surface area contributed by atoms with Crippen LogP contribution in [0.25, 0.3) is 0 Å². The van der Waals surface area contributed by atoms with Gasteiger partial charge in [0.1, 0.15) is 0 Å². The molecule has 0 saturated heterocycles. The zero-order valence-corrected chi connectivity index (χ0v) is 9.36. The molecule has 1 aromatic carbocycles. The average molecular weight is 221 g/mol. The highest BCUT2D eigenvalue weighted by Crippen LogP contribution is 1.98. The maximum absolute atomic E-state index is 10.7. The Bertz CT molecular complexity index is 313. The van der Waals surface area contributed by atoms with E-state index in [0.717, 1.165) is 19.5 Å². The molecular formula is C12H19N3O. The van der Waals surface area contributed by atoms with Gasteiger partial charge in [0, 0.05) is 6.54 Å². The van der Waals surface area contributed by atoms with Crippen LogP contribution in [-0.4, -0.2) is 18.5 Å². The van der Waals surface area contributed by atoms with Gasteiger partial charge in [0.25, 0.3) is 0 Å². The van der Waals surface area contributed by atoms with Gasteiger partial charge >= 0.3 is 0 Å². The van der Waals surface area contributed by atoms with Gasteiger partial charge in [-0.15, -0.1) is 0 Å². The minimum atomic E-state index is -0.515. The second-order valence-electron chi connectivity index (χ2n) is 3.81. The average Bonchev–Trinajstić information content (AvgIpc) is 2.29. The molecule has 1 aromatic rings. The molecule has 1 rings (SSSR count). The van der Waals surface area contributed by atoms with E-state index < -0.39 is 11.9 Å². The van der Waals surface area contributed by atoms with Crippen molar-refractivity contribution in [2.24, 2.45) is 11.5 Å². The topological polar surface area (TPSA) is 81.1 Å². The lowest BCUT2D eigenvalue weighted by Gasteiger charge is -2.08. The van der Waals surface area contributed by atoms with Crippen LogP contribution in [0.4, 0.5) is 0 Å². The Morgan fingerprint density at radius 3 is 2.62 bits per heavy atom. The number of primary amides is 1. The molecule has 16 heavy (non-hydrogen) atoms. The first-order valence-electron chi connectivity index (χ1n) is 5.49. The lowest BCUT2D eigenvalue weighted by atomic mass is 10.1. The standard InChI is InChI=1S/C12H19N3O/c13-11(12(14)16)7-4-8-15-9-10-5-2-1-3-6-10/h1-3,5-6,11,15H,4,7-9,13H2,(H2,14,16)/t11-/m0/s1. The summed E-state index contributed by atoms with van der Waals surface area (Å²) in [5.74, 6) is -0.428. The summed E-state index contributed by atoms with van der Waals surface area (Å²) in [4.78, 5) is 10.7. The highest BCUT2D eigenvalue weighted by Gasteiger charge is 2.07. The largest absolute Gasteiger partial charge is 0.368 e. The molecule has 5 N–H and O–H groups in total. The Morgan fingerprint density at radius 2 is 2.00 bits per heavy atom. The van der Waals surface area contributed by atoms with Crippen molar-refractivity contribution in [3.05, 3.63) is 35.9 Å². The van der Waals surface area contributed by atoms with Crippen molar-refractivity contribution >= 4 is 5.91 Å². The molecule has 0 spiro atoms. The smallest absolute Gasteiger partial charge is 0.234 e. The Hall–Kier alpha value is -1.39. The maximum atomic E-state index is 10.7. The van der Waals surface area contributed by atoms with Crippen molar-refractivity contribution in [1.82, 2.24) is 5.32 Å². The van der Waals surface area contributed by atoms with Crippen LogP contribution in [-0.2, 0) is 11.3 Å². The van der Waals surface area contributed by atoms with Crippen LogP contribution in [0.15, 0.2) is 30.3 Å². The summed E-state index contributed by atoms with van der Waals surface area (Å²) < 4.78 is 0. The maximum Gasteiger partial charge on any atom is 0.234 e. The first-order chi connectivity index (χ1) is 7.70.